The van der Waals surface area contributed by atoms with Crippen molar-refractivity contribution in [3.8, 4) is 5.69 Å². The van der Waals surface area contributed by atoms with E-state index >= 15 is 0 Å². The fraction of sp³-hybridized carbons (Fsp3) is 0.360. The van der Waals surface area contributed by atoms with Crippen molar-refractivity contribution in [3.63, 3.8) is 0 Å². The van der Waals surface area contributed by atoms with Gasteiger partial charge >= 0.3 is 12.1 Å². The molecule has 1 saturated heterocycles. The van der Waals surface area contributed by atoms with Gasteiger partial charge in [0.15, 0.2) is 0 Å². The third-order valence-electron chi connectivity index (χ3n) is 6.63. The number of benzene rings is 2. The number of ether oxygens (including phenoxy) is 1. The van der Waals surface area contributed by atoms with Crippen LogP contribution in [0.4, 0.5) is 13.2 Å². The Hall–Kier alpha value is -3.73. The SMILES string of the molecule is O=C1OCc2cc(CCN3CCN(C(=O)Cc4ccc(-n5cncn5)cc4)CC3C(F)(F)F)ccc21. The molecule has 0 spiro atoms. The van der Waals surface area contributed by atoms with Crippen molar-refractivity contribution in [2.24, 2.45) is 0 Å². The van der Waals surface area contributed by atoms with E-state index in [0.29, 0.717) is 17.5 Å². The van der Waals surface area contributed by atoms with Gasteiger partial charge in [0, 0.05) is 31.7 Å². The third-order valence-corrected chi connectivity index (χ3v) is 6.63. The van der Waals surface area contributed by atoms with Crippen LogP contribution in [0.5, 0.6) is 0 Å². The summed E-state index contributed by atoms with van der Waals surface area (Å²) >= 11 is 0. The molecule has 0 saturated carbocycles. The quantitative estimate of drug-likeness (QED) is 0.486. The number of piperazine rings is 1. The van der Waals surface area contributed by atoms with Crippen LogP contribution < -0.4 is 0 Å². The lowest BCUT2D eigenvalue weighted by atomic mass is 10.0. The van der Waals surface area contributed by atoms with Crippen LogP contribution in [0.2, 0.25) is 0 Å². The van der Waals surface area contributed by atoms with Crippen molar-refractivity contribution in [1.82, 2.24) is 24.6 Å². The number of hydrogen-bond acceptors (Lipinski definition) is 6. The van der Waals surface area contributed by atoms with Gasteiger partial charge in [0.1, 0.15) is 25.3 Å². The Bertz CT molecular complexity index is 1240. The Morgan fingerprint density at radius 1 is 1.08 bits per heavy atom. The van der Waals surface area contributed by atoms with Crippen LogP contribution in [0.1, 0.15) is 27.0 Å². The first-order valence-electron chi connectivity index (χ1n) is 11.6. The summed E-state index contributed by atoms with van der Waals surface area (Å²) in [5, 5.41) is 4.04. The highest BCUT2D eigenvalue weighted by molar-refractivity contribution is 5.93. The number of halogens is 3. The summed E-state index contributed by atoms with van der Waals surface area (Å²) in [6.45, 7) is 0.356. The van der Waals surface area contributed by atoms with E-state index in [4.69, 9.17) is 4.74 Å². The molecule has 1 amide bonds. The zero-order valence-corrected chi connectivity index (χ0v) is 19.3. The normalized spacial score (nSPS) is 18.2. The zero-order valence-electron chi connectivity index (χ0n) is 19.3. The Labute approximate surface area is 205 Å². The number of nitrogens with zero attached hydrogens (tertiary/aromatic N) is 5. The van der Waals surface area contributed by atoms with Crippen molar-refractivity contribution >= 4 is 11.9 Å². The topological polar surface area (TPSA) is 80.6 Å². The molecule has 1 atom stereocenters. The first-order chi connectivity index (χ1) is 17.3. The van der Waals surface area contributed by atoms with Gasteiger partial charge in [0.25, 0.3) is 0 Å². The maximum absolute atomic E-state index is 13.9. The monoisotopic (exact) mass is 499 g/mol. The van der Waals surface area contributed by atoms with Gasteiger partial charge in [-0.25, -0.2) is 14.5 Å². The predicted octanol–water partition coefficient (Wildman–Crippen LogP) is 2.80. The molecule has 36 heavy (non-hydrogen) atoms. The summed E-state index contributed by atoms with van der Waals surface area (Å²) in [6, 6.07) is 10.6. The van der Waals surface area contributed by atoms with E-state index in [1.54, 1.807) is 47.4 Å². The second-order valence-electron chi connectivity index (χ2n) is 8.93. The molecule has 0 bridgehead atoms. The molecular formula is C25H24F3N5O3. The third kappa shape index (κ3) is 5.11. The molecule has 188 valence electrons. The Balaban J connectivity index is 1.20. The highest BCUT2D eigenvalue weighted by atomic mass is 19.4. The molecule has 1 aromatic heterocycles. The van der Waals surface area contributed by atoms with Gasteiger partial charge in [-0.15, -0.1) is 0 Å². The minimum atomic E-state index is -4.46. The fourth-order valence-corrected chi connectivity index (χ4v) is 4.63. The minimum Gasteiger partial charge on any atom is -0.457 e. The van der Waals surface area contributed by atoms with Gasteiger partial charge in [-0.05, 0) is 35.7 Å². The smallest absolute Gasteiger partial charge is 0.405 e. The Morgan fingerprint density at radius 3 is 2.58 bits per heavy atom. The van der Waals surface area contributed by atoms with Crippen molar-refractivity contribution in [2.45, 2.75) is 31.7 Å². The maximum atomic E-state index is 13.9. The maximum Gasteiger partial charge on any atom is 0.405 e. The van der Waals surface area contributed by atoms with Crippen LogP contribution in [0.15, 0.2) is 55.1 Å². The van der Waals surface area contributed by atoms with Gasteiger partial charge < -0.3 is 9.64 Å². The number of esters is 1. The van der Waals surface area contributed by atoms with Crippen LogP contribution >= 0.6 is 0 Å². The van der Waals surface area contributed by atoms with Crippen LogP contribution in [0, 0.1) is 0 Å². The van der Waals surface area contributed by atoms with Crippen molar-refractivity contribution in [2.75, 3.05) is 26.2 Å². The first kappa shape index (κ1) is 24.0. The summed E-state index contributed by atoms with van der Waals surface area (Å²) in [4.78, 5) is 31.0. The molecule has 3 aromatic rings. The summed E-state index contributed by atoms with van der Waals surface area (Å²) in [7, 11) is 0. The van der Waals surface area contributed by atoms with Crippen LogP contribution in [-0.4, -0.2) is 74.8 Å². The van der Waals surface area contributed by atoms with Crippen LogP contribution in [-0.2, 0) is 29.0 Å². The number of amides is 1. The molecule has 2 aliphatic rings. The van der Waals surface area contributed by atoms with E-state index in [2.05, 4.69) is 10.1 Å². The molecule has 3 heterocycles. The molecule has 5 rings (SSSR count). The van der Waals surface area contributed by atoms with Gasteiger partial charge in [-0.2, -0.15) is 18.3 Å². The molecule has 0 aliphatic carbocycles. The summed E-state index contributed by atoms with van der Waals surface area (Å²) in [5.74, 6) is -0.707. The number of carbonyl (C=O) groups is 2. The van der Waals surface area contributed by atoms with Gasteiger partial charge in [0.2, 0.25) is 5.91 Å². The number of carbonyl (C=O) groups excluding carboxylic acids is 2. The number of aromatic nitrogens is 3. The minimum absolute atomic E-state index is 0.0259. The predicted molar refractivity (Wildman–Crippen MR) is 122 cm³/mol. The van der Waals surface area contributed by atoms with E-state index in [-0.39, 0.29) is 44.5 Å². The molecule has 1 fully saturated rings. The second-order valence-corrected chi connectivity index (χ2v) is 8.93. The molecule has 0 N–H and O–H groups in total. The molecule has 2 aliphatic heterocycles. The summed E-state index contributed by atoms with van der Waals surface area (Å²) in [5.41, 5.74) is 3.60. The highest BCUT2D eigenvalue weighted by Crippen LogP contribution is 2.29. The second kappa shape index (κ2) is 9.73. The number of cyclic esters (lactones) is 1. The van der Waals surface area contributed by atoms with Gasteiger partial charge in [-0.3, -0.25) is 9.69 Å². The van der Waals surface area contributed by atoms with E-state index in [9.17, 15) is 22.8 Å². The van der Waals surface area contributed by atoms with E-state index < -0.39 is 18.8 Å². The fourth-order valence-electron chi connectivity index (χ4n) is 4.63. The Morgan fingerprint density at radius 2 is 1.86 bits per heavy atom. The number of fused-ring (bicyclic) bond motifs is 1. The number of hydrogen-bond donors (Lipinski definition) is 0. The van der Waals surface area contributed by atoms with E-state index in [1.165, 1.54) is 16.1 Å². The standard InChI is InChI=1S/C25H24F3N5O3/c26-25(27,28)22-13-32(23(34)12-17-1-4-20(5-2-17)33-16-29-15-30-33)10-9-31(22)8-7-18-3-6-21-19(11-18)14-36-24(21)35/h1-6,11,15-16,22H,7-10,12-14H2. The van der Waals surface area contributed by atoms with Crippen LogP contribution in [0.25, 0.3) is 5.69 Å². The summed E-state index contributed by atoms with van der Waals surface area (Å²) < 4.78 is 48.4. The number of alkyl halides is 3. The molecule has 11 heteroatoms. The van der Waals surface area contributed by atoms with Crippen molar-refractivity contribution in [1.29, 1.82) is 0 Å². The zero-order chi connectivity index (χ0) is 25.3. The molecular weight excluding hydrogens is 475 g/mol. The first-order valence-corrected chi connectivity index (χ1v) is 11.6. The average Bonchev–Trinajstić information content (AvgIpc) is 3.53. The highest BCUT2D eigenvalue weighted by Gasteiger charge is 2.47. The van der Waals surface area contributed by atoms with Gasteiger partial charge in [0.05, 0.1) is 17.7 Å². The largest absolute Gasteiger partial charge is 0.457 e. The van der Waals surface area contributed by atoms with Crippen molar-refractivity contribution < 1.29 is 27.5 Å². The van der Waals surface area contributed by atoms with Crippen molar-refractivity contribution in [3.05, 3.63) is 77.4 Å². The average molecular weight is 499 g/mol. The Kier molecular flexibility index (Phi) is 6.48. The van der Waals surface area contributed by atoms with Crippen LogP contribution in [0.3, 0.4) is 0 Å². The molecule has 0 radical (unpaired) electrons. The molecule has 8 nitrogen and oxygen atoms in total. The molecule has 2 aromatic carbocycles. The lowest BCUT2D eigenvalue weighted by Crippen LogP contribution is -2.60. The van der Waals surface area contributed by atoms with Gasteiger partial charge in [-0.1, -0.05) is 24.3 Å². The van der Waals surface area contributed by atoms with E-state index in [1.807, 2.05) is 6.07 Å². The number of rotatable bonds is 6. The molecule has 1 unspecified atom stereocenters. The lowest BCUT2D eigenvalue weighted by molar-refractivity contribution is -0.197. The lowest BCUT2D eigenvalue weighted by Gasteiger charge is -2.42. The van der Waals surface area contributed by atoms with E-state index in [0.717, 1.165) is 16.8 Å². The summed E-state index contributed by atoms with van der Waals surface area (Å²) in [6.07, 6.45) is -1.07.